The third kappa shape index (κ3) is 4.88. The van der Waals surface area contributed by atoms with Gasteiger partial charge in [-0.25, -0.2) is 0 Å². The summed E-state index contributed by atoms with van der Waals surface area (Å²) < 4.78 is 0. The van der Waals surface area contributed by atoms with Gasteiger partial charge in [-0.05, 0) is 55.4 Å². The highest BCUT2D eigenvalue weighted by Crippen LogP contribution is 2.34. The fourth-order valence-electron chi connectivity index (χ4n) is 6.24. The van der Waals surface area contributed by atoms with E-state index in [1.54, 1.807) is 6.92 Å². The minimum absolute atomic E-state index is 0.0636. The smallest absolute Gasteiger partial charge is 0.226 e. The molecule has 1 aliphatic carbocycles. The molecule has 180 valence electrons. The van der Waals surface area contributed by atoms with E-state index >= 15 is 0 Å². The lowest BCUT2D eigenvalue weighted by Gasteiger charge is -2.34. The Morgan fingerprint density at radius 3 is 2.53 bits per heavy atom. The van der Waals surface area contributed by atoms with Crippen LogP contribution >= 0.6 is 0 Å². The SMILES string of the molecule is CC(=O)N1CCC2CCC(CN(C(=O)C3CCCC3)Cc3ccccc31)N2Cc1cccnc1. The Balaban J connectivity index is 1.50. The highest BCUT2D eigenvalue weighted by atomic mass is 16.2. The highest BCUT2D eigenvalue weighted by molar-refractivity contribution is 5.92. The van der Waals surface area contributed by atoms with E-state index < -0.39 is 0 Å². The molecule has 1 aromatic carbocycles. The molecule has 1 saturated heterocycles. The zero-order chi connectivity index (χ0) is 23.5. The van der Waals surface area contributed by atoms with Crippen LogP contribution in [0.25, 0.3) is 0 Å². The molecule has 2 amide bonds. The lowest BCUT2D eigenvalue weighted by molar-refractivity contribution is -0.136. The van der Waals surface area contributed by atoms with E-state index in [-0.39, 0.29) is 11.8 Å². The average molecular weight is 461 g/mol. The van der Waals surface area contributed by atoms with Gasteiger partial charge in [-0.1, -0.05) is 37.1 Å². The van der Waals surface area contributed by atoms with Crippen LogP contribution in [0, 0.1) is 5.92 Å². The lowest BCUT2D eigenvalue weighted by Crippen LogP contribution is -2.46. The summed E-state index contributed by atoms with van der Waals surface area (Å²) in [5, 5.41) is 0. The molecular weight excluding hydrogens is 424 g/mol. The van der Waals surface area contributed by atoms with Gasteiger partial charge in [0.25, 0.3) is 0 Å². The van der Waals surface area contributed by atoms with Gasteiger partial charge in [0, 0.05) is 69.2 Å². The Morgan fingerprint density at radius 2 is 1.76 bits per heavy atom. The second kappa shape index (κ2) is 10.3. The molecule has 2 bridgehead atoms. The zero-order valence-corrected chi connectivity index (χ0v) is 20.2. The molecule has 2 aromatic rings. The van der Waals surface area contributed by atoms with Crippen LogP contribution in [0.2, 0.25) is 0 Å². The third-order valence-corrected chi connectivity index (χ3v) is 8.02. The molecule has 6 nitrogen and oxygen atoms in total. The number of carbonyl (C=O) groups excluding carboxylic acids is 2. The second-order valence-electron chi connectivity index (χ2n) is 10.2. The molecule has 3 heterocycles. The highest BCUT2D eigenvalue weighted by Gasteiger charge is 2.38. The minimum Gasteiger partial charge on any atom is -0.336 e. The van der Waals surface area contributed by atoms with E-state index in [0.29, 0.717) is 31.1 Å². The van der Waals surface area contributed by atoms with Crippen LogP contribution < -0.4 is 4.90 Å². The Hall–Kier alpha value is -2.73. The van der Waals surface area contributed by atoms with Crippen molar-refractivity contribution in [2.45, 2.75) is 77.0 Å². The van der Waals surface area contributed by atoms with Crippen molar-refractivity contribution in [1.82, 2.24) is 14.8 Å². The summed E-state index contributed by atoms with van der Waals surface area (Å²) in [6.45, 7) is 4.51. The number of hydrogen-bond acceptors (Lipinski definition) is 4. The van der Waals surface area contributed by atoms with Crippen LogP contribution in [0.1, 0.15) is 63.0 Å². The van der Waals surface area contributed by atoms with E-state index in [1.165, 1.54) is 5.56 Å². The van der Waals surface area contributed by atoms with Crippen LogP contribution in [0.5, 0.6) is 0 Å². The first-order valence-electron chi connectivity index (χ1n) is 12.9. The monoisotopic (exact) mass is 460 g/mol. The van der Waals surface area contributed by atoms with Gasteiger partial charge in [-0.15, -0.1) is 0 Å². The second-order valence-corrected chi connectivity index (χ2v) is 10.2. The number of para-hydroxylation sites is 1. The molecule has 0 N–H and O–H groups in total. The number of fused-ring (bicyclic) bond motifs is 3. The molecule has 34 heavy (non-hydrogen) atoms. The van der Waals surface area contributed by atoms with Crippen LogP contribution in [0.3, 0.4) is 0 Å². The summed E-state index contributed by atoms with van der Waals surface area (Å²) in [6, 6.07) is 13.0. The first-order chi connectivity index (χ1) is 16.6. The van der Waals surface area contributed by atoms with Crippen molar-refractivity contribution in [3.05, 3.63) is 59.9 Å². The third-order valence-electron chi connectivity index (χ3n) is 8.02. The number of pyridine rings is 1. The number of rotatable bonds is 3. The summed E-state index contributed by atoms with van der Waals surface area (Å²) in [5.74, 6) is 0.504. The molecule has 5 rings (SSSR count). The summed E-state index contributed by atoms with van der Waals surface area (Å²) in [6.07, 6.45) is 11.2. The minimum atomic E-state index is 0.0636. The van der Waals surface area contributed by atoms with E-state index in [0.717, 1.165) is 69.3 Å². The molecule has 2 atom stereocenters. The van der Waals surface area contributed by atoms with Gasteiger partial charge in [0.15, 0.2) is 0 Å². The van der Waals surface area contributed by atoms with Gasteiger partial charge >= 0.3 is 0 Å². The van der Waals surface area contributed by atoms with E-state index in [1.807, 2.05) is 41.6 Å². The fraction of sp³-hybridized carbons (Fsp3) is 0.536. The van der Waals surface area contributed by atoms with E-state index in [9.17, 15) is 9.59 Å². The van der Waals surface area contributed by atoms with E-state index in [4.69, 9.17) is 0 Å². The quantitative estimate of drug-likeness (QED) is 0.682. The summed E-state index contributed by atoms with van der Waals surface area (Å²) in [7, 11) is 0. The number of aromatic nitrogens is 1. The molecular formula is C28H36N4O2. The normalized spacial score (nSPS) is 24.0. The number of benzene rings is 1. The zero-order valence-electron chi connectivity index (χ0n) is 20.2. The van der Waals surface area contributed by atoms with Crippen molar-refractivity contribution in [3.63, 3.8) is 0 Å². The molecule has 1 aromatic heterocycles. The Kier molecular flexibility index (Phi) is 6.95. The summed E-state index contributed by atoms with van der Waals surface area (Å²) >= 11 is 0. The van der Waals surface area contributed by atoms with Gasteiger partial charge < -0.3 is 9.80 Å². The van der Waals surface area contributed by atoms with Crippen molar-refractivity contribution < 1.29 is 9.59 Å². The maximum atomic E-state index is 13.7. The molecule has 2 unspecified atom stereocenters. The first kappa shape index (κ1) is 23.0. The van der Waals surface area contributed by atoms with Gasteiger partial charge in [0.05, 0.1) is 0 Å². The first-order valence-corrected chi connectivity index (χ1v) is 12.9. The van der Waals surface area contributed by atoms with E-state index in [2.05, 4.69) is 26.9 Å². The molecule has 2 fully saturated rings. The molecule has 0 spiro atoms. The van der Waals surface area contributed by atoms with Gasteiger partial charge in [0.2, 0.25) is 11.8 Å². The average Bonchev–Trinajstić information content (AvgIpc) is 3.50. The predicted octanol–water partition coefficient (Wildman–Crippen LogP) is 4.39. The van der Waals surface area contributed by atoms with Gasteiger partial charge in [-0.3, -0.25) is 19.5 Å². The number of nitrogens with zero attached hydrogens (tertiary/aromatic N) is 4. The molecule has 2 aliphatic heterocycles. The topological polar surface area (TPSA) is 56.8 Å². The Labute approximate surface area is 202 Å². The van der Waals surface area contributed by atoms with Crippen LogP contribution in [0.4, 0.5) is 5.69 Å². The van der Waals surface area contributed by atoms with Crippen LogP contribution in [-0.4, -0.2) is 51.8 Å². The largest absolute Gasteiger partial charge is 0.336 e. The van der Waals surface area contributed by atoms with Gasteiger partial charge in [0.1, 0.15) is 0 Å². The molecule has 6 heteroatoms. The lowest BCUT2D eigenvalue weighted by atomic mass is 10.0. The molecule has 0 radical (unpaired) electrons. The summed E-state index contributed by atoms with van der Waals surface area (Å²) in [4.78, 5) is 37.4. The maximum absolute atomic E-state index is 13.7. The van der Waals surface area contributed by atoms with Crippen LogP contribution in [-0.2, 0) is 22.7 Å². The maximum Gasteiger partial charge on any atom is 0.226 e. The summed E-state index contributed by atoms with van der Waals surface area (Å²) in [5.41, 5.74) is 3.23. The van der Waals surface area contributed by atoms with Crippen molar-refractivity contribution in [3.8, 4) is 0 Å². The van der Waals surface area contributed by atoms with Crippen molar-refractivity contribution in [2.75, 3.05) is 18.0 Å². The number of amides is 2. The standard InChI is InChI=1S/C28H36N4O2/c1-21(33)31-16-14-25-12-13-26(32(25)18-22-7-6-15-29-17-22)20-30(28(34)23-8-2-3-9-23)19-24-10-4-5-11-27(24)31/h4-7,10-11,15,17,23,25-26H,2-3,8-9,12-14,16,18-20H2,1H3. The van der Waals surface area contributed by atoms with Gasteiger partial charge in [-0.2, -0.15) is 0 Å². The number of carbonyl (C=O) groups is 2. The predicted molar refractivity (Wildman–Crippen MR) is 133 cm³/mol. The number of hydrogen-bond donors (Lipinski definition) is 0. The van der Waals surface area contributed by atoms with Crippen LogP contribution in [0.15, 0.2) is 48.8 Å². The van der Waals surface area contributed by atoms with Crippen molar-refractivity contribution in [1.29, 1.82) is 0 Å². The van der Waals surface area contributed by atoms with Crippen molar-refractivity contribution in [2.24, 2.45) is 5.92 Å². The Bertz CT molecular complexity index is 1000. The fourth-order valence-corrected chi connectivity index (χ4v) is 6.24. The molecule has 1 saturated carbocycles. The number of anilines is 1. The van der Waals surface area contributed by atoms with Crippen molar-refractivity contribution >= 4 is 17.5 Å². The Morgan fingerprint density at radius 1 is 0.971 bits per heavy atom. The molecule has 3 aliphatic rings.